The summed E-state index contributed by atoms with van der Waals surface area (Å²) in [5.74, 6) is -0.608. The molecule has 0 heterocycles. The van der Waals surface area contributed by atoms with Crippen molar-refractivity contribution in [3.05, 3.63) is 23.5 Å². The van der Waals surface area contributed by atoms with E-state index in [1.165, 1.54) is 6.92 Å². The van der Waals surface area contributed by atoms with Gasteiger partial charge in [0.2, 0.25) is 10.0 Å². The van der Waals surface area contributed by atoms with E-state index in [-0.39, 0.29) is 17.1 Å². The maximum absolute atomic E-state index is 13.0. The highest BCUT2D eigenvalue weighted by molar-refractivity contribution is 7.89. The minimum atomic E-state index is -3.58. The molecule has 15 heavy (non-hydrogen) atoms. The van der Waals surface area contributed by atoms with Crippen molar-refractivity contribution in [2.24, 2.45) is 0 Å². The molecule has 0 aliphatic carbocycles. The number of sulfonamides is 1. The summed E-state index contributed by atoms with van der Waals surface area (Å²) in [6.07, 6.45) is 0. The number of aryl methyl sites for hydroxylation is 1. The Morgan fingerprint density at radius 3 is 2.60 bits per heavy atom. The highest BCUT2D eigenvalue weighted by Crippen LogP contribution is 2.21. The van der Waals surface area contributed by atoms with E-state index in [0.717, 1.165) is 12.1 Å². The van der Waals surface area contributed by atoms with Crippen LogP contribution >= 0.6 is 0 Å². The first-order valence-electron chi connectivity index (χ1n) is 4.43. The first kappa shape index (κ1) is 11.9. The predicted molar refractivity (Wildman–Crippen MR) is 56.4 cm³/mol. The molecule has 0 aromatic heterocycles. The van der Waals surface area contributed by atoms with Crippen LogP contribution in [0.1, 0.15) is 12.5 Å². The van der Waals surface area contributed by atoms with Crippen molar-refractivity contribution in [3.63, 3.8) is 0 Å². The van der Waals surface area contributed by atoms with Gasteiger partial charge in [0.05, 0.1) is 10.6 Å². The number of anilines is 1. The van der Waals surface area contributed by atoms with E-state index in [0.29, 0.717) is 5.56 Å². The summed E-state index contributed by atoms with van der Waals surface area (Å²) in [5.41, 5.74) is 5.48. The van der Waals surface area contributed by atoms with Gasteiger partial charge in [-0.15, -0.1) is 0 Å². The number of hydrogen-bond acceptors (Lipinski definition) is 3. The second kappa shape index (κ2) is 4.16. The van der Waals surface area contributed by atoms with Gasteiger partial charge in [0, 0.05) is 6.54 Å². The van der Waals surface area contributed by atoms with Crippen LogP contribution in [0, 0.1) is 12.7 Å². The summed E-state index contributed by atoms with van der Waals surface area (Å²) in [4.78, 5) is 0.0169. The highest BCUT2D eigenvalue weighted by atomic mass is 32.2. The second-order valence-electron chi connectivity index (χ2n) is 3.14. The summed E-state index contributed by atoms with van der Waals surface area (Å²) < 4.78 is 38.6. The maximum Gasteiger partial charge on any atom is 0.240 e. The average molecular weight is 232 g/mol. The first-order chi connectivity index (χ1) is 6.88. The second-order valence-corrected chi connectivity index (χ2v) is 4.88. The third kappa shape index (κ3) is 2.45. The normalized spacial score (nSPS) is 11.7. The molecule has 0 bridgehead atoms. The van der Waals surface area contributed by atoms with Crippen molar-refractivity contribution in [1.29, 1.82) is 0 Å². The van der Waals surface area contributed by atoms with Crippen molar-refractivity contribution in [2.75, 3.05) is 12.3 Å². The van der Waals surface area contributed by atoms with Crippen molar-refractivity contribution in [2.45, 2.75) is 18.7 Å². The lowest BCUT2D eigenvalue weighted by molar-refractivity contribution is 0.582. The molecule has 1 aromatic carbocycles. The van der Waals surface area contributed by atoms with Crippen LogP contribution in [0.4, 0.5) is 10.1 Å². The lowest BCUT2D eigenvalue weighted by Crippen LogP contribution is -2.24. The molecule has 0 unspecified atom stereocenters. The quantitative estimate of drug-likeness (QED) is 0.764. The number of rotatable bonds is 3. The van der Waals surface area contributed by atoms with Crippen LogP contribution in [0.5, 0.6) is 0 Å². The molecule has 1 aromatic rings. The van der Waals surface area contributed by atoms with Gasteiger partial charge in [0.25, 0.3) is 0 Å². The Hall–Kier alpha value is -1.14. The van der Waals surface area contributed by atoms with Crippen LogP contribution in [-0.4, -0.2) is 15.0 Å². The molecule has 1 rings (SSSR count). The lowest BCUT2D eigenvalue weighted by atomic mass is 10.2. The molecule has 0 atom stereocenters. The molecule has 0 saturated carbocycles. The maximum atomic E-state index is 13.0. The molecule has 84 valence electrons. The molecule has 3 N–H and O–H groups in total. The van der Waals surface area contributed by atoms with E-state index >= 15 is 0 Å². The van der Waals surface area contributed by atoms with E-state index in [4.69, 9.17) is 5.73 Å². The van der Waals surface area contributed by atoms with Crippen LogP contribution < -0.4 is 10.5 Å². The molecular weight excluding hydrogens is 219 g/mol. The van der Waals surface area contributed by atoms with Gasteiger partial charge in [0.15, 0.2) is 0 Å². The van der Waals surface area contributed by atoms with E-state index in [1.54, 1.807) is 6.92 Å². The van der Waals surface area contributed by atoms with E-state index in [9.17, 15) is 12.8 Å². The van der Waals surface area contributed by atoms with Crippen LogP contribution in [0.15, 0.2) is 17.0 Å². The average Bonchev–Trinajstić information content (AvgIpc) is 2.11. The summed E-state index contributed by atoms with van der Waals surface area (Å²) in [5, 5.41) is 0. The standard InChI is InChI=1S/C9H13FN2O2S/c1-3-12-15(13,14)9-5-8(11)7(10)4-6(9)2/h4-5,12H,3,11H2,1-2H3. The summed E-state index contributed by atoms with van der Waals surface area (Å²) in [6.45, 7) is 3.46. The first-order valence-corrected chi connectivity index (χ1v) is 5.92. The number of hydrogen-bond donors (Lipinski definition) is 2. The Kier molecular flexibility index (Phi) is 3.31. The van der Waals surface area contributed by atoms with Crippen molar-refractivity contribution in [3.8, 4) is 0 Å². The van der Waals surface area contributed by atoms with Crippen LogP contribution in [0.25, 0.3) is 0 Å². The SMILES string of the molecule is CCNS(=O)(=O)c1cc(N)c(F)cc1C. The van der Waals surface area contributed by atoms with E-state index in [2.05, 4.69) is 4.72 Å². The monoisotopic (exact) mass is 232 g/mol. The number of benzene rings is 1. The van der Waals surface area contributed by atoms with Crippen molar-refractivity contribution >= 4 is 15.7 Å². The molecular formula is C9H13FN2O2S. The van der Waals surface area contributed by atoms with Crippen LogP contribution in [-0.2, 0) is 10.0 Å². The zero-order valence-corrected chi connectivity index (χ0v) is 9.36. The molecule has 0 amide bonds. The Morgan fingerprint density at radius 2 is 2.07 bits per heavy atom. The van der Waals surface area contributed by atoms with Crippen LogP contribution in [0.2, 0.25) is 0 Å². The number of nitrogens with one attached hydrogen (secondary N) is 1. The highest BCUT2D eigenvalue weighted by Gasteiger charge is 2.17. The van der Waals surface area contributed by atoms with Gasteiger partial charge < -0.3 is 5.73 Å². The zero-order chi connectivity index (χ0) is 11.6. The molecule has 0 radical (unpaired) electrons. The summed E-state index contributed by atoms with van der Waals surface area (Å²) in [6, 6.07) is 2.24. The number of nitrogens with two attached hydrogens (primary N) is 1. The van der Waals surface area contributed by atoms with Gasteiger partial charge >= 0.3 is 0 Å². The van der Waals surface area contributed by atoms with Gasteiger partial charge in [-0.1, -0.05) is 6.92 Å². The molecule has 0 spiro atoms. The number of nitrogen functional groups attached to an aromatic ring is 1. The van der Waals surface area contributed by atoms with E-state index in [1.807, 2.05) is 0 Å². The van der Waals surface area contributed by atoms with Crippen LogP contribution in [0.3, 0.4) is 0 Å². The summed E-state index contributed by atoms with van der Waals surface area (Å²) >= 11 is 0. The van der Waals surface area contributed by atoms with Gasteiger partial charge in [-0.2, -0.15) is 0 Å². The zero-order valence-electron chi connectivity index (χ0n) is 8.54. The van der Waals surface area contributed by atoms with Gasteiger partial charge in [-0.25, -0.2) is 17.5 Å². The molecule has 0 aliphatic heterocycles. The largest absolute Gasteiger partial charge is 0.396 e. The van der Waals surface area contributed by atoms with Gasteiger partial charge in [-0.05, 0) is 24.6 Å². The molecule has 0 aliphatic rings. The lowest BCUT2D eigenvalue weighted by Gasteiger charge is -2.09. The Bertz CT molecular complexity index is 471. The van der Waals surface area contributed by atoms with Crippen molar-refractivity contribution in [1.82, 2.24) is 4.72 Å². The smallest absolute Gasteiger partial charge is 0.240 e. The minimum absolute atomic E-state index is 0.0169. The minimum Gasteiger partial charge on any atom is -0.396 e. The topological polar surface area (TPSA) is 72.2 Å². The third-order valence-corrected chi connectivity index (χ3v) is 3.61. The Morgan fingerprint density at radius 1 is 1.47 bits per heavy atom. The molecule has 0 saturated heterocycles. The molecule has 6 heteroatoms. The van der Waals surface area contributed by atoms with Gasteiger partial charge in [-0.3, -0.25) is 0 Å². The Labute approximate surface area is 88.3 Å². The fraction of sp³-hybridized carbons (Fsp3) is 0.333. The fourth-order valence-corrected chi connectivity index (χ4v) is 2.53. The number of halogens is 1. The van der Waals surface area contributed by atoms with Gasteiger partial charge in [0.1, 0.15) is 5.82 Å². The Balaban J connectivity index is 3.33. The van der Waals surface area contributed by atoms with Crippen molar-refractivity contribution < 1.29 is 12.8 Å². The fourth-order valence-electron chi connectivity index (χ4n) is 1.23. The third-order valence-electron chi connectivity index (χ3n) is 1.92. The predicted octanol–water partition coefficient (Wildman–Crippen LogP) is 1.01. The van der Waals surface area contributed by atoms with E-state index < -0.39 is 15.8 Å². The molecule has 4 nitrogen and oxygen atoms in total. The molecule has 0 fully saturated rings. The summed E-state index contributed by atoms with van der Waals surface area (Å²) in [7, 11) is -3.58.